The van der Waals surface area contributed by atoms with Gasteiger partial charge in [-0.3, -0.25) is 0 Å². The molecule has 1 heterocycles. The maximum absolute atomic E-state index is 5.89. The molecule has 72 valence electrons. The van der Waals surface area contributed by atoms with E-state index in [0.29, 0.717) is 12.1 Å². The standard InChI is InChI=1S/C9H20N2S/c1-7(10)2-3-9-6-8(11)4-5-12-9/h7-9H,2-6,10-11H2,1H3/t7-,8?,9?/m0/s1. The smallest absolute Gasteiger partial charge is 0.00623 e. The molecule has 0 aromatic carbocycles. The normalized spacial score (nSPS) is 33.2. The van der Waals surface area contributed by atoms with Crippen LogP contribution < -0.4 is 11.5 Å². The van der Waals surface area contributed by atoms with E-state index < -0.39 is 0 Å². The summed E-state index contributed by atoms with van der Waals surface area (Å²) in [6, 6.07) is 0.799. The Morgan fingerprint density at radius 3 is 2.92 bits per heavy atom. The molecule has 2 nitrogen and oxygen atoms in total. The molecule has 0 bridgehead atoms. The molecule has 0 aromatic rings. The van der Waals surface area contributed by atoms with E-state index in [4.69, 9.17) is 11.5 Å². The summed E-state index contributed by atoms with van der Waals surface area (Å²) in [6.07, 6.45) is 4.77. The van der Waals surface area contributed by atoms with Gasteiger partial charge in [-0.1, -0.05) is 0 Å². The SMILES string of the molecule is C[C@H](N)CCC1CC(N)CCS1. The Bertz CT molecular complexity index is 128. The number of thioether (sulfide) groups is 1. The van der Waals surface area contributed by atoms with Gasteiger partial charge in [-0.05, 0) is 38.4 Å². The summed E-state index contributed by atoms with van der Waals surface area (Å²) in [5.41, 5.74) is 11.6. The van der Waals surface area contributed by atoms with E-state index >= 15 is 0 Å². The van der Waals surface area contributed by atoms with Gasteiger partial charge in [0.05, 0.1) is 0 Å². The number of rotatable bonds is 3. The quantitative estimate of drug-likeness (QED) is 0.702. The zero-order valence-electron chi connectivity index (χ0n) is 7.83. The minimum Gasteiger partial charge on any atom is -0.328 e. The van der Waals surface area contributed by atoms with Crippen LogP contribution in [-0.2, 0) is 0 Å². The monoisotopic (exact) mass is 188 g/mol. The lowest BCUT2D eigenvalue weighted by Crippen LogP contribution is -2.30. The van der Waals surface area contributed by atoms with Crippen molar-refractivity contribution in [2.24, 2.45) is 11.5 Å². The van der Waals surface area contributed by atoms with Crippen molar-refractivity contribution >= 4 is 11.8 Å². The van der Waals surface area contributed by atoms with Crippen LogP contribution in [0.25, 0.3) is 0 Å². The molecule has 12 heavy (non-hydrogen) atoms. The maximum atomic E-state index is 5.89. The van der Waals surface area contributed by atoms with E-state index in [1.165, 1.54) is 25.0 Å². The van der Waals surface area contributed by atoms with Crippen molar-refractivity contribution in [1.82, 2.24) is 0 Å². The predicted octanol–water partition coefficient (Wildman–Crippen LogP) is 1.34. The Balaban J connectivity index is 2.14. The lowest BCUT2D eigenvalue weighted by molar-refractivity contribution is 0.518. The molecular weight excluding hydrogens is 168 g/mol. The first-order chi connectivity index (χ1) is 5.68. The van der Waals surface area contributed by atoms with Crippen molar-refractivity contribution in [1.29, 1.82) is 0 Å². The average molecular weight is 188 g/mol. The van der Waals surface area contributed by atoms with Crippen molar-refractivity contribution in [3.63, 3.8) is 0 Å². The van der Waals surface area contributed by atoms with Gasteiger partial charge in [0.25, 0.3) is 0 Å². The number of nitrogens with two attached hydrogens (primary N) is 2. The van der Waals surface area contributed by atoms with Gasteiger partial charge in [0, 0.05) is 17.3 Å². The second-order valence-electron chi connectivity index (χ2n) is 3.83. The molecule has 1 fully saturated rings. The third-order valence-corrected chi connectivity index (χ3v) is 3.72. The zero-order valence-corrected chi connectivity index (χ0v) is 8.65. The Kier molecular flexibility index (Phi) is 4.40. The molecule has 0 radical (unpaired) electrons. The van der Waals surface area contributed by atoms with Crippen LogP contribution in [0.2, 0.25) is 0 Å². The molecule has 4 N–H and O–H groups in total. The molecule has 1 aliphatic rings. The van der Waals surface area contributed by atoms with Gasteiger partial charge in [0.15, 0.2) is 0 Å². The second kappa shape index (κ2) is 5.10. The van der Waals surface area contributed by atoms with E-state index in [2.05, 4.69) is 18.7 Å². The van der Waals surface area contributed by atoms with Crippen LogP contribution in [0.1, 0.15) is 32.6 Å². The summed E-state index contributed by atoms with van der Waals surface area (Å²) < 4.78 is 0. The number of hydrogen-bond acceptors (Lipinski definition) is 3. The van der Waals surface area contributed by atoms with Crippen molar-refractivity contribution in [2.45, 2.75) is 49.9 Å². The Morgan fingerprint density at radius 2 is 2.33 bits per heavy atom. The van der Waals surface area contributed by atoms with Gasteiger partial charge < -0.3 is 11.5 Å². The van der Waals surface area contributed by atoms with Crippen molar-refractivity contribution in [3.05, 3.63) is 0 Å². The Morgan fingerprint density at radius 1 is 1.58 bits per heavy atom. The van der Waals surface area contributed by atoms with Gasteiger partial charge in [0.2, 0.25) is 0 Å². The van der Waals surface area contributed by atoms with Crippen LogP contribution in [0.4, 0.5) is 0 Å². The van der Waals surface area contributed by atoms with Crippen LogP contribution in [0.15, 0.2) is 0 Å². The van der Waals surface area contributed by atoms with Crippen LogP contribution in [0, 0.1) is 0 Å². The fourth-order valence-electron chi connectivity index (χ4n) is 1.56. The fourth-order valence-corrected chi connectivity index (χ4v) is 3.02. The highest BCUT2D eigenvalue weighted by atomic mass is 32.2. The van der Waals surface area contributed by atoms with Crippen LogP contribution in [0.5, 0.6) is 0 Å². The van der Waals surface area contributed by atoms with E-state index in [0.717, 1.165) is 11.7 Å². The zero-order chi connectivity index (χ0) is 8.97. The van der Waals surface area contributed by atoms with Crippen molar-refractivity contribution in [3.8, 4) is 0 Å². The van der Waals surface area contributed by atoms with E-state index in [9.17, 15) is 0 Å². The predicted molar refractivity (Wildman–Crippen MR) is 56.3 cm³/mol. The summed E-state index contributed by atoms with van der Waals surface area (Å²) in [7, 11) is 0. The third kappa shape index (κ3) is 3.78. The fraction of sp³-hybridized carbons (Fsp3) is 1.00. The summed E-state index contributed by atoms with van der Waals surface area (Å²) in [5, 5.41) is 0.778. The van der Waals surface area contributed by atoms with Crippen LogP contribution in [0.3, 0.4) is 0 Å². The summed E-state index contributed by atoms with van der Waals surface area (Å²) in [5.74, 6) is 1.24. The minimum absolute atomic E-state index is 0.351. The highest BCUT2D eigenvalue weighted by Crippen LogP contribution is 2.27. The molecule has 2 unspecified atom stereocenters. The minimum atomic E-state index is 0.351. The van der Waals surface area contributed by atoms with Gasteiger partial charge in [-0.2, -0.15) is 11.8 Å². The topological polar surface area (TPSA) is 52.0 Å². The van der Waals surface area contributed by atoms with Gasteiger partial charge in [-0.25, -0.2) is 0 Å². The summed E-state index contributed by atoms with van der Waals surface area (Å²) >= 11 is 2.07. The van der Waals surface area contributed by atoms with Gasteiger partial charge in [-0.15, -0.1) is 0 Å². The summed E-state index contributed by atoms with van der Waals surface area (Å²) in [6.45, 7) is 2.08. The van der Waals surface area contributed by atoms with E-state index in [1.807, 2.05) is 0 Å². The molecule has 1 rings (SSSR count). The molecule has 0 saturated carbocycles. The molecule has 3 heteroatoms. The lowest BCUT2D eigenvalue weighted by Gasteiger charge is -2.26. The molecule has 3 atom stereocenters. The van der Waals surface area contributed by atoms with Gasteiger partial charge >= 0.3 is 0 Å². The molecule has 0 aliphatic carbocycles. The Hall–Kier alpha value is 0.270. The molecule has 1 saturated heterocycles. The first-order valence-electron chi connectivity index (χ1n) is 4.81. The largest absolute Gasteiger partial charge is 0.328 e. The lowest BCUT2D eigenvalue weighted by atomic mass is 10.0. The Labute approximate surface area is 79.5 Å². The van der Waals surface area contributed by atoms with Crippen LogP contribution in [-0.4, -0.2) is 23.1 Å². The highest BCUT2D eigenvalue weighted by molar-refractivity contribution is 7.99. The summed E-state index contributed by atoms with van der Waals surface area (Å²) in [4.78, 5) is 0. The second-order valence-corrected chi connectivity index (χ2v) is 5.24. The average Bonchev–Trinajstić information content (AvgIpc) is 2.01. The molecule has 1 aliphatic heterocycles. The van der Waals surface area contributed by atoms with E-state index in [1.54, 1.807) is 0 Å². The molecule has 0 spiro atoms. The van der Waals surface area contributed by atoms with E-state index in [-0.39, 0.29) is 0 Å². The molecular formula is C9H20N2S. The maximum Gasteiger partial charge on any atom is 0.00623 e. The molecule has 0 amide bonds. The highest BCUT2D eigenvalue weighted by Gasteiger charge is 2.19. The van der Waals surface area contributed by atoms with Crippen LogP contribution >= 0.6 is 11.8 Å². The first-order valence-corrected chi connectivity index (χ1v) is 5.86. The van der Waals surface area contributed by atoms with Gasteiger partial charge in [0.1, 0.15) is 0 Å². The number of hydrogen-bond donors (Lipinski definition) is 2. The third-order valence-electron chi connectivity index (χ3n) is 2.35. The molecule has 0 aromatic heterocycles. The van der Waals surface area contributed by atoms with Crippen molar-refractivity contribution < 1.29 is 0 Å². The first kappa shape index (κ1) is 10.4. The van der Waals surface area contributed by atoms with Crippen molar-refractivity contribution in [2.75, 3.05) is 5.75 Å².